The van der Waals surface area contributed by atoms with Crippen LogP contribution >= 0.6 is 0 Å². The average molecular weight is 410 g/mol. The summed E-state index contributed by atoms with van der Waals surface area (Å²) in [6, 6.07) is 10.4. The maximum Gasteiger partial charge on any atom is 0.253 e. The largest absolute Gasteiger partial charge is 0.467 e. The fraction of sp³-hybridized carbons (Fsp3) is 0.364. The Labute approximate surface area is 175 Å². The van der Waals surface area contributed by atoms with Gasteiger partial charge in [-0.2, -0.15) is 4.98 Å². The topological polar surface area (TPSA) is 110 Å². The fourth-order valence-corrected chi connectivity index (χ4v) is 2.74. The lowest BCUT2D eigenvalue weighted by Gasteiger charge is -2.11. The van der Waals surface area contributed by atoms with Gasteiger partial charge in [0.1, 0.15) is 5.76 Å². The summed E-state index contributed by atoms with van der Waals surface area (Å²) in [5.74, 6) is 1.35. The number of rotatable bonds is 8. The molecule has 0 saturated heterocycles. The predicted molar refractivity (Wildman–Crippen MR) is 111 cm³/mol. The Morgan fingerprint density at radius 3 is 2.60 bits per heavy atom. The number of hydrogen-bond acceptors (Lipinski definition) is 6. The van der Waals surface area contributed by atoms with Crippen molar-refractivity contribution in [2.75, 3.05) is 5.32 Å². The van der Waals surface area contributed by atoms with Crippen molar-refractivity contribution in [3.8, 4) is 0 Å². The first kappa shape index (κ1) is 21.3. The lowest BCUT2D eigenvalue weighted by Crippen LogP contribution is -2.24. The molecule has 1 aromatic carbocycles. The quantitative estimate of drug-likeness (QED) is 0.584. The Balaban J connectivity index is 1.51. The molecule has 3 aromatic rings. The van der Waals surface area contributed by atoms with Crippen LogP contribution < -0.4 is 10.6 Å². The Bertz CT molecular complexity index is 987. The van der Waals surface area contributed by atoms with E-state index in [2.05, 4.69) is 20.8 Å². The second-order valence-corrected chi connectivity index (χ2v) is 7.97. The van der Waals surface area contributed by atoms with Gasteiger partial charge in [-0.25, -0.2) is 0 Å². The molecule has 0 spiro atoms. The lowest BCUT2D eigenvalue weighted by atomic mass is 9.96. The number of aromatic nitrogens is 2. The molecule has 0 bridgehead atoms. The van der Waals surface area contributed by atoms with E-state index in [0.717, 1.165) is 0 Å². The number of carbonyl (C=O) groups excluding carboxylic acids is 2. The van der Waals surface area contributed by atoms with Crippen molar-refractivity contribution in [3.63, 3.8) is 0 Å². The first-order valence-corrected chi connectivity index (χ1v) is 9.85. The zero-order valence-electron chi connectivity index (χ0n) is 17.4. The number of aryl methyl sites for hydroxylation is 1. The van der Waals surface area contributed by atoms with Crippen molar-refractivity contribution < 1.29 is 18.5 Å². The van der Waals surface area contributed by atoms with E-state index in [1.54, 1.807) is 42.7 Å². The summed E-state index contributed by atoms with van der Waals surface area (Å²) in [5, 5.41) is 9.58. The molecule has 2 aromatic heterocycles. The molecule has 0 aliphatic heterocycles. The molecule has 0 saturated carbocycles. The van der Waals surface area contributed by atoms with Gasteiger partial charge >= 0.3 is 0 Å². The molecule has 0 unspecified atom stereocenters. The third kappa shape index (κ3) is 5.79. The molecule has 2 amide bonds. The first-order chi connectivity index (χ1) is 14.3. The molecule has 0 radical (unpaired) electrons. The highest BCUT2D eigenvalue weighted by atomic mass is 16.5. The second-order valence-electron chi connectivity index (χ2n) is 7.97. The van der Waals surface area contributed by atoms with Gasteiger partial charge in [0, 0.05) is 18.3 Å². The summed E-state index contributed by atoms with van der Waals surface area (Å²) in [5.41, 5.74) is 0.678. The monoisotopic (exact) mass is 410 g/mol. The number of para-hydroxylation sites is 1. The molecular formula is C22H26N4O4. The number of benzene rings is 1. The van der Waals surface area contributed by atoms with Crippen LogP contribution in [-0.2, 0) is 23.2 Å². The minimum Gasteiger partial charge on any atom is -0.467 e. The maximum atomic E-state index is 12.5. The van der Waals surface area contributed by atoms with Gasteiger partial charge in [0.05, 0.1) is 24.1 Å². The molecule has 0 aliphatic rings. The number of nitrogens with zero attached hydrogens (tertiary/aromatic N) is 2. The molecule has 2 heterocycles. The summed E-state index contributed by atoms with van der Waals surface area (Å²) in [7, 11) is 0. The van der Waals surface area contributed by atoms with E-state index in [0.29, 0.717) is 41.6 Å². The number of hydrogen-bond donors (Lipinski definition) is 2. The van der Waals surface area contributed by atoms with Gasteiger partial charge in [-0.05, 0) is 30.7 Å². The van der Waals surface area contributed by atoms with E-state index in [9.17, 15) is 9.59 Å². The second kappa shape index (κ2) is 9.39. The molecule has 158 valence electrons. The van der Waals surface area contributed by atoms with E-state index >= 15 is 0 Å². The Hall–Kier alpha value is -3.42. The predicted octanol–water partition coefficient (Wildman–Crippen LogP) is 3.85. The van der Waals surface area contributed by atoms with Crippen LogP contribution in [0, 0.1) is 0 Å². The molecule has 30 heavy (non-hydrogen) atoms. The summed E-state index contributed by atoms with van der Waals surface area (Å²) in [6.07, 6.45) is 2.90. The van der Waals surface area contributed by atoms with Crippen molar-refractivity contribution in [1.82, 2.24) is 15.5 Å². The van der Waals surface area contributed by atoms with Crippen LogP contribution in [-0.4, -0.2) is 22.0 Å². The maximum absolute atomic E-state index is 12.5. The average Bonchev–Trinajstić information content (AvgIpc) is 3.38. The fourth-order valence-electron chi connectivity index (χ4n) is 2.74. The molecule has 2 N–H and O–H groups in total. The molecule has 0 atom stereocenters. The molecule has 3 rings (SSSR count). The van der Waals surface area contributed by atoms with E-state index in [4.69, 9.17) is 8.94 Å². The van der Waals surface area contributed by atoms with Crippen molar-refractivity contribution in [3.05, 3.63) is 65.7 Å². The number of amides is 2. The van der Waals surface area contributed by atoms with Gasteiger partial charge in [0.25, 0.3) is 5.91 Å². The van der Waals surface area contributed by atoms with Gasteiger partial charge in [0.15, 0.2) is 5.82 Å². The Morgan fingerprint density at radius 1 is 1.10 bits per heavy atom. The Morgan fingerprint density at radius 2 is 1.90 bits per heavy atom. The van der Waals surface area contributed by atoms with Gasteiger partial charge < -0.3 is 19.6 Å². The summed E-state index contributed by atoms with van der Waals surface area (Å²) in [4.78, 5) is 29.2. The molecule has 0 fully saturated rings. The molecular weight excluding hydrogens is 384 g/mol. The number of carbonyl (C=O) groups is 2. The molecule has 8 nitrogen and oxygen atoms in total. The van der Waals surface area contributed by atoms with Gasteiger partial charge in [-0.1, -0.05) is 38.1 Å². The molecule has 8 heteroatoms. The lowest BCUT2D eigenvalue weighted by molar-refractivity contribution is -0.116. The first-order valence-electron chi connectivity index (χ1n) is 9.85. The summed E-state index contributed by atoms with van der Waals surface area (Å²) < 4.78 is 10.5. The van der Waals surface area contributed by atoms with Gasteiger partial charge in [-0.3, -0.25) is 9.59 Å². The van der Waals surface area contributed by atoms with Crippen LogP contribution in [0.25, 0.3) is 0 Å². The standard InChI is InChI=1S/C22H26N4O4/c1-22(2,3)21-25-19(30-26-21)12-6-11-18(27)24-17-10-5-4-9-16(17)20(28)23-14-15-8-7-13-29-15/h4-5,7-10,13H,6,11-12,14H2,1-3H3,(H,23,28)(H,24,27). The summed E-state index contributed by atoms with van der Waals surface area (Å²) >= 11 is 0. The van der Waals surface area contributed by atoms with Crippen molar-refractivity contribution in [2.24, 2.45) is 0 Å². The zero-order chi connectivity index (χ0) is 21.6. The highest BCUT2D eigenvalue weighted by molar-refractivity contribution is 6.03. The number of anilines is 1. The van der Waals surface area contributed by atoms with E-state index < -0.39 is 0 Å². The minimum atomic E-state index is -0.289. The van der Waals surface area contributed by atoms with Crippen LogP contribution in [0.2, 0.25) is 0 Å². The van der Waals surface area contributed by atoms with E-state index in [1.807, 2.05) is 20.8 Å². The molecule has 0 aliphatic carbocycles. The highest BCUT2D eigenvalue weighted by Crippen LogP contribution is 2.19. The van der Waals surface area contributed by atoms with Crippen molar-refractivity contribution in [2.45, 2.75) is 52.0 Å². The third-order valence-corrected chi connectivity index (χ3v) is 4.38. The van der Waals surface area contributed by atoms with Crippen LogP contribution in [0.1, 0.15) is 61.4 Å². The minimum absolute atomic E-state index is 0.180. The number of furan rings is 1. The number of nitrogens with one attached hydrogen (secondary N) is 2. The van der Waals surface area contributed by atoms with Crippen molar-refractivity contribution in [1.29, 1.82) is 0 Å². The Kier molecular flexibility index (Phi) is 6.66. The summed E-state index contributed by atoms with van der Waals surface area (Å²) in [6.45, 7) is 6.31. The highest BCUT2D eigenvalue weighted by Gasteiger charge is 2.21. The van der Waals surface area contributed by atoms with Gasteiger partial charge in [0.2, 0.25) is 11.8 Å². The smallest absolute Gasteiger partial charge is 0.253 e. The zero-order valence-corrected chi connectivity index (χ0v) is 17.4. The van der Waals surface area contributed by atoms with Crippen molar-refractivity contribution >= 4 is 17.5 Å². The van der Waals surface area contributed by atoms with E-state index in [1.165, 1.54) is 0 Å². The third-order valence-electron chi connectivity index (χ3n) is 4.38. The normalized spacial score (nSPS) is 11.3. The van der Waals surface area contributed by atoms with Gasteiger partial charge in [-0.15, -0.1) is 0 Å². The van der Waals surface area contributed by atoms with Crippen LogP contribution in [0.4, 0.5) is 5.69 Å². The SMILES string of the molecule is CC(C)(C)c1noc(CCCC(=O)Nc2ccccc2C(=O)NCc2ccco2)n1. The van der Waals surface area contributed by atoms with Crippen LogP contribution in [0.15, 0.2) is 51.6 Å². The van der Waals surface area contributed by atoms with Crippen LogP contribution in [0.5, 0.6) is 0 Å². The van der Waals surface area contributed by atoms with E-state index in [-0.39, 0.29) is 30.2 Å². The van der Waals surface area contributed by atoms with Crippen LogP contribution in [0.3, 0.4) is 0 Å².